The summed E-state index contributed by atoms with van der Waals surface area (Å²) in [6, 6.07) is 20.1. The van der Waals surface area contributed by atoms with Gasteiger partial charge in [-0.1, -0.05) is 69.0 Å². The van der Waals surface area contributed by atoms with Crippen molar-refractivity contribution in [1.82, 2.24) is 4.98 Å². The molecular formula is C27H28FNO2. The molecule has 0 unspecified atom stereocenters. The number of halogens is 1. The zero-order chi connectivity index (χ0) is 21.9. The molecule has 2 aromatic carbocycles. The molecule has 3 rings (SSSR count). The fourth-order valence-electron chi connectivity index (χ4n) is 3.42. The number of ether oxygens (including phenoxy) is 1. The largest absolute Gasteiger partial charge is 0.462 e. The Morgan fingerprint density at radius 1 is 1.00 bits per heavy atom. The van der Waals surface area contributed by atoms with E-state index in [2.05, 4.69) is 36.2 Å². The van der Waals surface area contributed by atoms with Gasteiger partial charge in [0, 0.05) is 18.7 Å². The van der Waals surface area contributed by atoms with Crippen molar-refractivity contribution >= 4 is 5.97 Å². The second-order valence-electron chi connectivity index (χ2n) is 7.60. The van der Waals surface area contributed by atoms with Crippen LogP contribution in [-0.2, 0) is 17.6 Å². The molecule has 3 nitrogen and oxygen atoms in total. The Morgan fingerprint density at radius 3 is 2.48 bits per heavy atom. The molecular weight excluding hydrogens is 389 g/mol. The summed E-state index contributed by atoms with van der Waals surface area (Å²) in [6.07, 6.45) is 9.39. The zero-order valence-electron chi connectivity index (χ0n) is 18.0. The van der Waals surface area contributed by atoms with Gasteiger partial charge >= 0.3 is 5.97 Å². The number of esters is 1. The van der Waals surface area contributed by atoms with Crippen molar-refractivity contribution in [2.24, 2.45) is 0 Å². The highest BCUT2D eigenvalue weighted by atomic mass is 19.1. The normalized spacial score (nSPS) is 10.5. The number of carbonyl (C=O) groups is 1. The van der Waals surface area contributed by atoms with E-state index in [1.807, 2.05) is 12.1 Å². The van der Waals surface area contributed by atoms with Gasteiger partial charge in [-0.05, 0) is 47.7 Å². The molecule has 160 valence electrons. The van der Waals surface area contributed by atoms with Crippen LogP contribution in [0.4, 0.5) is 4.39 Å². The minimum Gasteiger partial charge on any atom is -0.462 e. The lowest BCUT2D eigenvalue weighted by molar-refractivity contribution is 0.0503. The van der Waals surface area contributed by atoms with E-state index < -0.39 is 11.8 Å². The Balaban J connectivity index is 1.54. The van der Waals surface area contributed by atoms with Gasteiger partial charge in [0.25, 0.3) is 0 Å². The summed E-state index contributed by atoms with van der Waals surface area (Å²) in [4.78, 5) is 16.3. The predicted molar refractivity (Wildman–Crippen MR) is 120 cm³/mol. The van der Waals surface area contributed by atoms with Crippen molar-refractivity contribution in [3.63, 3.8) is 0 Å². The Morgan fingerprint density at radius 2 is 1.77 bits per heavy atom. The lowest BCUT2D eigenvalue weighted by Crippen LogP contribution is -2.10. The summed E-state index contributed by atoms with van der Waals surface area (Å²) in [6.45, 7) is 2.33. The van der Waals surface area contributed by atoms with Gasteiger partial charge in [-0.2, -0.15) is 0 Å². The van der Waals surface area contributed by atoms with Crippen LogP contribution in [0.1, 0.15) is 60.6 Å². The van der Waals surface area contributed by atoms with Gasteiger partial charge in [-0.3, -0.25) is 4.98 Å². The molecule has 0 saturated heterocycles. The van der Waals surface area contributed by atoms with Crippen LogP contribution in [-0.4, -0.2) is 17.6 Å². The van der Waals surface area contributed by atoms with Gasteiger partial charge in [0.15, 0.2) is 0 Å². The summed E-state index contributed by atoms with van der Waals surface area (Å²) in [5, 5.41) is 0. The topological polar surface area (TPSA) is 39.2 Å². The van der Waals surface area contributed by atoms with E-state index in [0.29, 0.717) is 12.1 Å². The number of unbranched alkanes of at least 4 members (excludes halogenated alkanes) is 4. The second-order valence-corrected chi connectivity index (χ2v) is 7.60. The third kappa shape index (κ3) is 6.93. The van der Waals surface area contributed by atoms with Crippen molar-refractivity contribution in [2.45, 2.75) is 51.9 Å². The van der Waals surface area contributed by atoms with E-state index in [1.165, 1.54) is 49.8 Å². The standard InChI is InChI=1S/C27H28FNO2/c1-2-3-4-5-6-9-21-11-13-22(14-12-21)23-15-16-25(26(28)20-23)27(30)31-19-17-24-10-7-8-18-29-24/h8,11-16,18,20H,2-6,9,17,19H2,1H3. The monoisotopic (exact) mass is 417 g/mol. The van der Waals surface area contributed by atoms with Crippen LogP contribution in [0.3, 0.4) is 0 Å². The Hall–Kier alpha value is -3.19. The molecule has 0 saturated carbocycles. The van der Waals surface area contributed by atoms with Gasteiger partial charge in [0.1, 0.15) is 5.82 Å². The number of benzene rings is 2. The Labute approximate surface area is 184 Å². The number of aromatic nitrogens is 1. The van der Waals surface area contributed by atoms with Crippen LogP contribution < -0.4 is 0 Å². The fraction of sp³-hybridized carbons (Fsp3) is 0.333. The third-order valence-electron chi connectivity index (χ3n) is 5.22. The van der Waals surface area contributed by atoms with Crippen molar-refractivity contribution in [1.29, 1.82) is 0 Å². The first kappa shape index (κ1) is 22.5. The summed E-state index contributed by atoms with van der Waals surface area (Å²) < 4.78 is 19.7. The molecule has 3 aromatic rings. The zero-order valence-corrected chi connectivity index (χ0v) is 18.0. The lowest BCUT2D eigenvalue weighted by Gasteiger charge is -2.08. The molecule has 0 radical (unpaired) electrons. The van der Waals surface area contributed by atoms with Crippen molar-refractivity contribution in [3.05, 3.63) is 89.5 Å². The lowest BCUT2D eigenvalue weighted by atomic mass is 10.00. The van der Waals surface area contributed by atoms with Crippen LogP contribution >= 0.6 is 0 Å². The van der Waals surface area contributed by atoms with Crippen molar-refractivity contribution < 1.29 is 13.9 Å². The quantitative estimate of drug-likeness (QED) is 0.268. The van der Waals surface area contributed by atoms with Gasteiger partial charge in [-0.25, -0.2) is 9.18 Å². The average Bonchev–Trinajstić information content (AvgIpc) is 2.80. The van der Waals surface area contributed by atoms with Gasteiger partial charge in [-0.15, -0.1) is 0 Å². The van der Waals surface area contributed by atoms with Crippen LogP contribution in [0.25, 0.3) is 11.1 Å². The maximum atomic E-state index is 14.6. The van der Waals surface area contributed by atoms with Crippen molar-refractivity contribution in [2.75, 3.05) is 6.61 Å². The molecule has 1 aromatic heterocycles. The number of carbonyl (C=O) groups excluding carboxylic acids is 1. The number of hydrogen-bond acceptors (Lipinski definition) is 3. The number of hydrogen-bond donors (Lipinski definition) is 0. The molecule has 0 atom stereocenters. The van der Waals surface area contributed by atoms with Crippen LogP contribution in [0.15, 0.2) is 54.7 Å². The second kappa shape index (κ2) is 11.9. The molecule has 4 heteroatoms. The van der Waals surface area contributed by atoms with Gasteiger partial charge in [0.05, 0.1) is 17.9 Å². The third-order valence-corrected chi connectivity index (χ3v) is 5.22. The van der Waals surface area contributed by atoms with E-state index in [9.17, 15) is 9.18 Å². The molecule has 1 heterocycles. The number of rotatable bonds is 11. The summed E-state index contributed by atoms with van der Waals surface area (Å²) in [5.41, 5.74) is 3.54. The Kier molecular flexibility index (Phi) is 8.60. The molecule has 0 aliphatic carbocycles. The van der Waals surface area contributed by atoms with Gasteiger partial charge < -0.3 is 4.74 Å². The molecule has 0 aliphatic rings. The molecule has 0 aliphatic heterocycles. The Bertz CT molecular complexity index is 955. The minimum absolute atomic E-state index is 0.0657. The summed E-state index contributed by atoms with van der Waals surface area (Å²) in [7, 11) is 0. The molecule has 0 amide bonds. The smallest absolute Gasteiger partial charge is 0.341 e. The highest BCUT2D eigenvalue weighted by molar-refractivity contribution is 5.90. The molecule has 0 N–H and O–H groups in total. The van der Waals surface area contributed by atoms with Crippen LogP contribution in [0.5, 0.6) is 0 Å². The van der Waals surface area contributed by atoms with Crippen molar-refractivity contribution in [3.8, 4) is 11.1 Å². The SMILES string of the molecule is CCCCCCCc1ccc(-c2ccc(C(=O)OCCc3c#cccn3)c(F)c2)cc1. The van der Waals surface area contributed by atoms with Gasteiger partial charge in [0.2, 0.25) is 0 Å². The highest BCUT2D eigenvalue weighted by Gasteiger charge is 2.14. The fourth-order valence-corrected chi connectivity index (χ4v) is 3.42. The minimum atomic E-state index is -0.678. The highest BCUT2D eigenvalue weighted by Crippen LogP contribution is 2.23. The first-order valence-electron chi connectivity index (χ1n) is 11.0. The maximum absolute atomic E-state index is 14.6. The van der Waals surface area contributed by atoms with E-state index in [4.69, 9.17) is 4.74 Å². The maximum Gasteiger partial charge on any atom is 0.341 e. The van der Waals surface area contributed by atoms with E-state index in [1.54, 1.807) is 18.3 Å². The van der Waals surface area contributed by atoms with E-state index in [-0.39, 0.29) is 12.2 Å². The van der Waals surface area contributed by atoms with Crippen LogP contribution in [0, 0.1) is 17.9 Å². The first-order chi connectivity index (χ1) is 15.2. The van der Waals surface area contributed by atoms with E-state index >= 15 is 0 Å². The first-order valence-corrected chi connectivity index (χ1v) is 11.0. The summed E-state index contributed by atoms with van der Waals surface area (Å²) in [5.74, 6) is -1.26. The number of aryl methyl sites for hydroxylation is 1. The molecule has 31 heavy (non-hydrogen) atoms. The van der Waals surface area contributed by atoms with E-state index in [0.717, 1.165) is 17.5 Å². The number of nitrogens with zero attached hydrogens (tertiary/aromatic N) is 1. The predicted octanol–water partition coefficient (Wildman–Crippen LogP) is 6.40. The molecule has 0 spiro atoms. The molecule has 0 bridgehead atoms. The average molecular weight is 418 g/mol. The summed E-state index contributed by atoms with van der Waals surface area (Å²) >= 11 is 0. The van der Waals surface area contributed by atoms with Crippen LogP contribution in [0.2, 0.25) is 0 Å². The molecule has 0 fully saturated rings.